The van der Waals surface area contributed by atoms with E-state index in [-0.39, 0.29) is 12.4 Å². The zero-order chi connectivity index (χ0) is 10.7. The number of nitrogens with two attached hydrogens (primary N) is 1. The molecule has 0 fully saturated rings. The lowest BCUT2D eigenvalue weighted by molar-refractivity contribution is 0.187. The molecule has 1 atom stereocenters. The standard InChI is InChI=1S/C10H15FN2O/c1-13(2)9-5-7(11)3-4-8(9)10(14)6-12/h3-5,10,14H,6,12H2,1-2H3/t10-/m0/s1. The van der Waals surface area contributed by atoms with E-state index in [1.165, 1.54) is 12.1 Å². The van der Waals surface area contributed by atoms with Crippen LogP contribution in [-0.2, 0) is 0 Å². The molecule has 1 rings (SSSR count). The molecule has 0 saturated carbocycles. The molecule has 0 aromatic heterocycles. The van der Waals surface area contributed by atoms with Gasteiger partial charge in [-0.25, -0.2) is 4.39 Å². The molecular formula is C10H15FN2O. The van der Waals surface area contributed by atoms with Crippen LogP contribution in [0.2, 0.25) is 0 Å². The topological polar surface area (TPSA) is 49.5 Å². The molecule has 0 amide bonds. The second-order valence-electron chi connectivity index (χ2n) is 3.35. The molecule has 0 spiro atoms. The van der Waals surface area contributed by atoms with Crippen LogP contribution in [0.4, 0.5) is 10.1 Å². The van der Waals surface area contributed by atoms with Gasteiger partial charge in [-0.3, -0.25) is 0 Å². The molecule has 0 aliphatic rings. The van der Waals surface area contributed by atoms with Gasteiger partial charge in [0.15, 0.2) is 0 Å². The lowest BCUT2D eigenvalue weighted by Crippen LogP contribution is -2.17. The number of rotatable bonds is 3. The highest BCUT2D eigenvalue weighted by atomic mass is 19.1. The minimum atomic E-state index is -0.743. The Morgan fingerprint density at radius 2 is 2.14 bits per heavy atom. The highest BCUT2D eigenvalue weighted by molar-refractivity contribution is 5.53. The van der Waals surface area contributed by atoms with Crippen molar-refractivity contribution >= 4 is 5.69 Å². The summed E-state index contributed by atoms with van der Waals surface area (Å²) in [5, 5.41) is 9.58. The summed E-state index contributed by atoms with van der Waals surface area (Å²) in [5.74, 6) is -0.318. The van der Waals surface area contributed by atoms with Crippen LogP contribution in [-0.4, -0.2) is 25.7 Å². The first-order valence-electron chi connectivity index (χ1n) is 4.41. The quantitative estimate of drug-likeness (QED) is 0.758. The lowest BCUT2D eigenvalue weighted by Gasteiger charge is -2.20. The van der Waals surface area contributed by atoms with E-state index in [0.29, 0.717) is 11.3 Å². The Bertz CT molecular complexity index is 315. The fourth-order valence-electron chi connectivity index (χ4n) is 1.31. The van der Waals surface area contributed by atoms with Gasteiger partial charge in [-0.2, -0.15) is 0 Å². The maximum atomic E-state index is 12.9. The summed E-state index contributed by atoms with van der Waals surface area (Å²) < 4.78 is 12.9. The van der Waals surface area contributed by atoms with Crippen molar-refractivity contribution in [2.75, 3.05) is 25.5 Å². The summed E-state index contributed by atoms with van der Waals surface area (Å²) in [6, 6.07) is 4.26. The molecule has 4 heteroatoms. The molecule has 1 aromatic carbocycles. The van der Waals surface area contributed by atoms with Crippen LogP contribution in [0, 0.1) is 5.82 Å². The molecule has 3 nitrogen and oxygen atoms in total. The van der Waals surface area contributed by atoms with Crippen molar-refractivity contribution in [2.24, 2.45) is 5.73 Å². The Morgan fingerprint density at radius 3 is 2.64 bits per heavy atom. The van der Waals surface area contributed by atoms with E-state index in [0.717, 1.165) is 0 Å². The van der Waals surface area contributed by atoms with Gasteiger partial charge in [-0.05, 0) is 12.1 Å². The van der Waals surface area contributed by atoms with Crippen molar-refractivity contribution < 1.29 is 9.50 Å². The van der Waals surface area contributed by atoms with Crippen molar-refractivity contribution in [3.63, 3.8) is 0 Å². The van der Waals surface area contributed by atoms with Crippen LogP contribution in [0.3, 0.4) is 0 Å². The smallest absolute Gasteiger partial charge is 0.125 e. The Labute approximate surface area is 83.0 Å². The van der Waals surface area contributed by atoms with Gasteiger partial charge < -0.3 is 15.7 Å². The maximum Gasteiger partial charge on any atom is 0.125 e. The number of anilines is 1. The zero-order valence-corrected chi connectivity index (χ0v) is 8.37. The van der Waals surface area contributed by atoms with Crippen LogP contribution in [0.5, 0.6) is 0 Å². The second kappa shape index (κ2) is 4.39. The predicted octanol–water partition coefficient (Wildman–Crippen LogP) is 0.884. The van der Waals surface area contributed by atoms with E-state index in [1.807, 2.05) is 0 Å². The number of benzene rings is 1. The third kappa shape index (κ3) is 2.21. The van der Waals surface area contributed by atoms with E-state index < -0.39 is 6.10 Å². The van der Waals surface area contributed by atoms with Gasteiger partial charge in [0, 0.05) is 31.9 Å². The number of halogens is 1. The van der Waals surface area contributed by atoms with E-state index in [9.17, 15) is 9.50 Å². The first-order valence-corrected chi connectivity index (χ1v) is 4.41. The first-order chi connectivity index (χ1) is 6.56. The molecule has 0 heterocycles. The molecule has 78 valence electrons. The molecule has 0 unspecified atom stereocenters. The van der Waals surface area contributed by atoms with E-state index >= 15 is 0 Å². The molecule has 14 heavy (non-hydrogen) atoms. The fourth-order valence-corrected chi connectivity index (χ4v) is 1.31. The SMILES string of the molecule is CN(C)c1cc(F)ccc1[C@@H](O)CN. The van der Waals surface area contributed by atoms with Crippen molar-refractivity contribution in [3.05, 3.63) is 29.6 Å². The van der Waals surface area contributed by atoms with Crippen molar-refractivity contribution in [1.29, 1.82) is 0 Å². The van der Waals surface area contributed by atoms with Gasteiger partial charge in [0.05, 0.1) is 6.10 Å². The molecule has 0 bridgehead atoms. The first kappa shape index (κ1) is 10.9. The van der Waals surface area contributed by atoms with Gasteiger partial charge in [-0.15, -0.1) is 0 Å². The Kier molecular flexibility index (Phi) is 3.43. The number of nitrogens with zero attached hydrogens (tertiary/aromatic N) is 1. The number of aliphatic hydroxyl groups excluding tert-OH is 1. The van der Waals surface area contributed by atoms with Crippen molar-refractivity contribution in [2.45, 2.75) is 6.10 Å². The maximum absolute atomic E-state index is 12.9. The molecule has 0 aliphatic carbocycles. The molecular weight excluding hydrogens is 183 g/mol. The van der Waals surface area contributed by atoms with E-state index in [2.05, 4.69) is 0 Å². The summed E-state index contributed by atoms with van der Waals surface area (Å²) in [5.41, 5.74) is 6.66. The van der Waals surface area contributed by atoms with Gasteiger partial charge >= 0.3 is 0 Å². The van der Waals surface area contributed by atoms with Crippen LogP contribution < -0.4 is 10.6 Å². The number of hydrogen-bond donors (Lipinski definition) is 2. The summed E-state index contributed by atoms with van der Waals surface area (Å²) in [4.78, 5) is 1.75. The average molecular weight is 198 g/mol. The average Bonchev–Trinajstić information content (AvgIpc) is 2.16. The second-order valence-corrected chi connectivity index (χ2v) is 3.35. The van der Waals surface area contributed by atoms with Crippen molar-refractivity contribution in [3.8, 4) is 0 Å². The van der Waals surface area contributed by atoms with Crippen LogP contribution in [0.1, 0.15) is 11.7 Å². The van der Waals surface area contributed by atoms with Gasteiger partial charge in [0.1, 0.15) is 5.82 Å². The summed E-state index contributed by atoms with van der Waals surface area (Å²) in [7, 11) is 3.59. The fraction of sp³-hybridized carbons (Fsp3) is 0.400. The normalized spacial score (nSPS) is 12.6. The summed E-state index contributed by atoms with van der Waals surface area (Å²) >= 11 is 0. The lowest BCUT2D eigenvalue weighted by atomic mass is 10.1. The summed E-state index contributed by atoms with van der Waals surface area (Å²) in [6.07, 6.45) is -0.743. The largest absolute Gasteiger partial charge is 0.387 e. The van der Waals surface area contributed by atoms with Crippen molar-refractivity contribution in [1.82, 2.24) is 0 Å². The summed E-state index contributed by atoms with van der Waals surface area (Å²) in [6.45, 7) is 0.131. The molecule has 1 aromatic rings. The third-order valence-corrected chi connectivity index (χ3v) is 2.06. The monoisotopic (exact) mass is 198 g/mol. The zero-order valence-electron chi connectivity index (χ0n) is 8.37. The van der Waals surface area contributed by atoms with Gasteiger partial charge in [0.25, 0.3) is 0 Å². The predicted molar refractivity (Wildman–Crippen MR) is 54.7 cm³/mol. The Morgan fingerprint density at radius 1 is 1.50 bits per heavy atom. The van der Waals surface area contributed by atoms with E-state index in [4.69, 9.17) is 5.73 Å². The van der Waals surface area contributed by atoms with Crippen LogP contribution in [0.15, 0.2) is 18.2 Å². The molecule has 0 aliphatic heterocycles. The highest BCUT2D eigenvalue weighted by Gasteiger charge is 2.12. The Balaban J connectivity index is 3.14. The number of aliphatic hydroxyl groups is 1. The van der Waals surface area contributed by atoms with Crippen LogP contribution >= 0.6 is 0 Å². The third-order valence-electron chi connectivity index (χ3n) is 2.06. The minimum absolute atomic E-state index is 0.131. The minimum Gasteiger partial charge on any atom is -0.387 e. The highest BCUT2D eigenvalue weighted by Crippen LogP contribution is 2.25. The van der Waals surface area contributed by atoms with Gasteiger partial charge in [0.2, 0.25) is 0 Å². The molecule has 0 radical (unpaired) electrons. The van der Waals surface area contributed by atoms with Crippen LogP contribution in [0.25, 0.3) is 0 Å². The number of hydrogen-bond acceptors (Lipinski definition) is 3. The Hall–Kier alpha value is -1.13. The molecule has 3 N–H and O–H groups in total. The van der Waals surface area contributed by atoms with Gasteiger partial charge in [-0.1, -0.05) is 6.07 Å². The molecule has 0 saturated heterocycles. The van der Waals surface area contributed by atoms with E-state index in [1.54, 1.807) is 25.1 Å².